The Balaban J connectivity index is 1.23. The number of likely N-dealkylation sites (tertiary alicyclic amines) is 1. The molecule has 3 heterocycles. The zero-order valence-electron chi connectivity index (χ0n) is 24.6. The third kappa shape index (κ3) is 7.60. The van der Waals surface area contributed by atoms with Gasteiger partial charge in [0.05, 0.1) is 12.2 Å². The van der Waals surface area contributed by atoms with Gasteiger partial charge in [-0.1, -0.05) is 24.0 Å². The molecule has 0 unspecified atom stereocenters. The van der Waals surface area contributed by atoms with Gasteiger partial charge in [0.2, 0.25) is 0 Å². The number of nitrogens with zero attached hydrogens (tertiary/aromatic N) is 3. The number of carbonyl (C=O) groups excluding carboxylic acids is 1. The molecule has 8 heteroatoms. The first-order valence-electron chi connectivity index (χ1n) is 14.5. The van der Waals surface area contributed by atoms with Crippen molar-refractivity contribution in [3.63, 3.8) is 0 Å². The molecule has 2 atom stereocenters. The van der Waals surface area contributed by atoms with Gasteiger partial charge in [-0.25, -0.2) is 9.78 Å². The first-order chi connectivity index (χ1) is 20.3. The SMILES string of the molecule is C=N/C(C#Cc1ccc2cc(C#Cc3cnc([C@@H]4CCCN4C(=O)OC(C)(C)C)[nH]3)ccc2c1)=C\NC[C@@H]1CCCN1. The second-order valence-corrected chi connectivity index (χ2v) is 11.7. The second-order valence-electron chi connectivity index (χ2n) is 11.7. The van der Waals surface area contributed by atoms with Crippen LogP contribution >= 0.6 is 0 Å². The number of imidazole rings is 1. The third-order valence-electron chi connectivity index (χ3n) is 7.24. The number of fused-ring (bicyclic) bond motifs is 1. The van der Waals surface area contributed by atoms with Gasteiger partial charge in [0.1, 0.15) is 22.8 Å². The molecular formula is C34H38N6O2. The number of nitrogens with one attached hydrogen (secondary N) is 3. The lowest BCUT2D eigenvalue weighted by Gasteiger charge is -2.27. The topological polar surface area (TPSA) is 94.6 Å². The molecule has 3 aromatic rings. The lowest BCUT2D eigenvalue weighted by atomic mass is 10.0. The minimum atomic E-state index is -0.535. The first kappa shape index (κ1) is 29.0. The number of allylic oxidation sites excluding steroid dienone is 1. The molecule has 0 aliphatic carbocycles. The molecule has 0 radical (unpaired) electrons. The van der Waals surface area contributed by atoms with E-state index in [4.69, 9.17) is 4.74 Å². The van der Waals surface area contributed by atoms with Gasteiger partial charge in [0, 0.05) is 36.5 Å². The molecule has 0 saturated carbocycles. The highest BCUT2D eigenvalue weighted by Gasteiger charge is 2.34. The van der Waals surface area contributed by atoms with Crippen LogP contribution in [-0.2, 0) is 4.74 Å². The number of aromatic nitrogens is 2. The number of carbonyl (C=O) groups is 1. The van der Waals surface area contributed by atoms with Gasteiger partial charge < -0.3 is 20.4 Å². The number of aliphatic imine (C=N–C) groups is 1. The highest BCUT2D eigenvalue weighted by atomic mass is 16.6. The maximum atomic E-state index is 12.7. The zero-order valence-corrected chi connectivity index (χ0v) is 24.6. The monoisotopic (exact) mass is 562 g/mol. The van der Waals surface area contributed by atoms with Crippen molar-refractivity contribution in [1.82, 2.24) is 25.5 Å². The van der Waals surface area contributed by atoms with Crippen molar-refractivity contribution in [2.75, 3.05) is 19.6 Å². The number of H-pyrrole nitrogens is 1. The lowest BCUT2D eigenvalue weighted by molar-refractivity contribution is 0.0218. The fraction of sp³-hybridized carbons (Fsp3) is 0.382. The number of benzene rings is 2. The summed E-state index contributed by atoms with van der Waals surface area (Å²) < 4.78 is 5.58. The Kier molecular flexibility index (Phi) is 8.95. The summed E-state index contributed by atoms with van der Waals surface area (Å²) in [4.78, 5) is 26.3. The van der Waals surface area contributed by atoms with Crippen LogP contribution < -0.4 is 10.6 Å². The van der Waals surface area contributed by atoms with Crippen LogP contribution in [0.4, 0.5) is 4.79 Å². The molecule has 2 aliphatic heterocycles. The van der Waals surface area contributed by atoms with Crippen molar-refractivity contribution in [2.24, 2.45) is 4.99 Å². The summed E-state index contributed by atoms with van der Waals surface area (Å²) in [5.74, 6) is 13.4. The smallest absolute Gasteiger partial charge is 0.410 e. The highest BCUT2D eigenvalue weighted by Crippen LogP contribution is 2.31. The van der Waals surface area contributed by atoms with Crippen LogP contribution in [0, 0.1) is 23.7 Å². The number of hydrogen-bond donors (Lipinski definition) is 3. The second kappa shape index (κ2) is 13.0. The number of rotatable bonds is 5. The predicted octanol–water partition coefficient (Wildman–Crippen LogP) is 5.27. The molecular weight excluding hydrogens is 524 g/mol. The number of amides is 1. The van der Waals surface area contributed by atoms with Gasteiger partial charge in [-0.15, -0.1) is 0 Å². The molecule has 2 aliphatic rings. The van der Waals surface area contributed by atoms with E-state index in [-0.39, 0.29) is 12.1 Å². The van der Waals surface area contributed by atoms with Crippen molar-refractivity contribution >= 4 is 23.6 Å². The van der Waals surface area contributed by atoms with Crippen LogP contribution in [-0.4, -0.2) is 59.0 Å². The Morgan fingerprint density at radius 3 is 2.60 bits per heavy atom. The van der Waals surface area contributed by atoms with E-state index >= 15 is 0 Å². The van der Waals surface area contributed by atoms with Crippen molar-refractivity contribution in [3.8, 4) is 23.7 Å². The highest BCUT2D eigenvalue weighted by molar-refractivity contribution is 5.85. The van der Waals surface area contributed by atoms with E-state index in [0.29, 0.717) is 24.0 Å². The standard InChI is InChI=1S/C34H38N6O2/c1-34(2,3)42-33(41)40-18-6-8-31(40)32-38-23-30(39-32)16-12-25-10-14-26-19-24(9-13-27(26)20-25)11-15-28(35-4)21-36-22-29-7-5-17-37-29/h9-10,13-14,19-21,23,29,31,36-37H,4-8,17-18,22H2,1-3H3,(H,38,39)/b28-21-/t29-,31-/m0/s1. The molecule has 42 heavy (non-hydrogen) atoms. The predicted molar refractivity (Wildman–Crippen MR) is 167 cm³/mol. The molecule has 1 aromatic heterocycles. The lowest BCUT2D eigenvalue weighted by Crippen LogP contribution is -2.36. The molecule has 216 valence electrons. The molecule has 3 N–H and O–H groups in total. The summed E-state index contributed by atoms with van der Waals surface area (Å²) in [5, 5.41) is 8.93. The summed E-state index contributed by atoms with van der Waals surface area (Å²) in [6.07, 6.45) is 7.41. The Morgan fingerprint density at radius 1 is 1.14 bits per heavy atom. The average molecular weight is 563 g/mol. The summed E-state index contributed by atoms with van der Waals surface area (Å²) in [5.41, 5.74) is 2.60. The Labute approximate surface area is 248 Å². The van der Waals surface area contributed by atoms with E-state index in [1.807, 2.05) is 39.1 Å². The quantitative estimate of drug-likeness (QED) is 0.291. The van der Waals surface area contributed by atoms with Crippen LogP contribution in [0.3, 0.4) is 0 Å². The Bertz CT molecular complexity index is 1600. The van der Waals surface area contributed by atoms with E-state index in [9.17, 15) is 4.79 Å². The fourth-order valence-electron chi connectivity index (χ4n) is 5.19. The van der Waals surface area contributed by atoms with Crippen LogP contribution in [0.5, 0.6) is 0 Å². The maximum absolute atomic E-state index is 12.7. The van der Waals surface area contributed by atoms with Crippen LogP contribution in [0.1, 0.15) is 75.1 Å². The van der Waals surface area contributed by atoms with E-state index < -0.39 is 5.60 Å². The summed E-state index contributed by atoms with van der Waals surface area (Å²) in [6.45, 7) is 11.9. The van der Waals surface area contributed by atoms with Crippen molar-refractivity contribution in [3.05, 3.63) is 77.1 Å². The van der Waals surface area contributed by atoms with Crippen molar-refractivity contribution in [2.45, 2.75) is 64.1 Å². The van der Waals surface area contributed by atoms with E-state index in [1.54, 1.807) is 11.1 Å². The van der Waals surface area contributed by atoms with Crippen LogP contribution in [0.25, 0.3) is 10.8 Å². The Morgan fingerprint density at radius 2 is 1.90 bits per heavy atom. The van der Waals surface area contributed by atoms with Gasteiger partial charge in [-0.3, -0.25) is 9.89 Å². The Hall–Kier alpha value is -4.53. The molecule has 2 saturated heterocycles. The molecule has 2 fully saturated rings. The molecule has 1 amide bonds. The van der Waals surface area contributed by atoms with E-state index in [0.717, 1.165) is 53.7 Å². The summed E-state index contributed by atoms with van der Waals surface area (Å²) >= 11 is 0. The fourth-order valence-corrected chi connectivity index (χ4v) is 5.19. The van der Waals surface area contributed by atoms with Crippen molar-refractivity contribution in [1.29, 1.82) is 0 Å². The molecule has 0 spiro atoms. The van der Waals surface area contributed by atoms with Gasteiger partial charge in [-0.2, -0.15) is 0 Å². The molecule has 0 bridgehead atoms. The number of hydrogen-bond acceptors (Lipinski definition) is 6. The summed E-state index contributed by atoms with van der Waals surface area (Å²) in [7, 11) is 0. The van der Waals surface area contributed by atoms with Crippen molar-refractivity contribution < 1.29 is 9.53 Å². The summed E-state index contributed by atoms with van der Waals surface area (Å²) in [6, 6.07) is 12.6. The molecule has 5 rings (SSSR count). The molecule has 2 aromatic carbocycles. The zero-order chi connectivity index (χ0) is 29.5. The van der Waals surface area contributed by atoms with E-state index in [2.05, 4.69) is 80.3 Å². The van der Waals surface area contributed by atoms with Gasteiger partial charge in [0.25, 0.3) is 0 Å². The third-order valence-corrected chi connectivity index (χ3v) is 7.24. The van der Waals surface area contributed by atoms with E-state index in [1.165, 1.54) is 12.8 Å². The average Bonchev–Trinajstić information content (AvgIpc) is 3.75. The minimum absolute atomic E-state index is 0.132. The number of ether oxygens (including phenoxy) is 1. The van der Waals surface area contributed by atoms with Gasteiger partial charge in [-0.05, 0) is 107 Å². The normalized spacial score (nSPS) is 18.6. The van der Waals surface area contributed by atoms with Crippen LogP contribution in [0.2, 0.25) is 0 Å². The van der Waals surface area contributed by atoms with Gasteiger partial charge in [0.15, 0.2) is 0 Å². The number of aromatic amines is 1. The van der Waals surface area contributed by atoms with Crippen LogP contribution in [0.15, 0.2) is 59.5 Å². The largest absolute Gasteiger partial charge is 0.444 e. The maximum Gasteiger partial charge on any atom is 0.410 e. The minimum Gasteiger partial charge on any atom is -0.444 e. The first-order valence-corrected chi connectivity index (χ1v) is 14.5. The molecule has 8 nitrogen and oxygen atoms in total. The van der Waals surface area contributed by atoms with Gasteiger partial charge >= 0.3 is 6.09 Å².